The fraction of sp³-hybridized carbons (Fsp3) is 0.467. The number of hydrogen-bond donors (Lipinski definition) is 4. The van der Waals surface area contributed by atoms with Crippen molar-refractivity contribution < 1.29 is 0 Å². The number of hydrazine groups is 1. The minimum absolute atomic E-state index is 0.260. The minimum atomic E-state index is 0.260. The van der Waals surface area contributed by atoms with Gasteiger partial charge in [-0.2, -0.15) is 9.61 Å². The number of nitrogens with zero attached hydrogens (tertiary/aromatic N) is 4. The monoisotopic (exact) mass is 392 g/mol. The predicted molar refractivity (Wildman–Crippen MR) is 97.3 cm³/mol. The van der Waals surface area contributed by atoms with Crippen molar-refractivity contribution in [2.75, 3.05) is 45.5 Å². The van der Waals surface area contributed by atoms with E-state index in [0.29, 0.717) is 5.82 Å². The van der Waals surface area contributed by atoms with Crippen LogP contribution >= 0.6 is 15.9 Å². The number of nitrogens with one attached hydrogen (secondary N) is 3. The molecule has 9 heteroatoms. The molecule has 4 heterocycles. The summed E-state index contributed by atoms with van der Waals surface area (Å²) in [5.41, 5.74) is 13.5. The summed E-state index contributed by atoms with van der Waals surface area (Å²) in [6, 6.07) is 0. The van der Waals surface area contributed by atoms with Crippen molar-refractivity contribution in [1.82, 2.24) is 35.7 Å². The first-order valence-corrected chi connectivity index (χ1v) is 8.86. The lowest BCUT2D eigenvalue weighted by atomic mass is 10.0. The molecule has 5 N–H and O–H groups in total. The Morgan fingerprint density at radius 1 is 1.29 bits per heavy atom. The molecule has 1 saturated heterocycles. The van der Waals surface area contributed by atoms with Crippen LogP contribution in [0.1, 0.15) is 17.2 Å². The number of nitrogens with two attached hydrogens (primary N) is 1. The van der Waals surface area contributed by atoms with E-state index in [9.17, 15) is 0 Å². The Kier molecular flexibility index (Phi) is 4.17. The minimum Gasteiger partial charge on any atom is -0.383 e. The number of anilines is 1. The molecule has 24 heavy (non-hydrogen) atoms. The van der Waals surface area contributed by atoms with E-state index in [0.717, 1.165) is 59.7 Å². The molecule has 128 valence electrons. The molecule has 0 aromatic carbocycles. The first-order valence-electron chi connectivity index (χ1n) is 8.06. The SMILES string of the molecule is CN1C=C(c2cnn3c(N)c(Br)c(C4CNCCNC4)nc23)CN1. The molecule has 0 unspecified atom stereocenters. The maximum atomic E-state index is 6.33. The molecule has 0 spiro atoms. The number of nitrogen functional groups attached to an aromatic ring is 1. The van der Waals surface area contributed by atoms with E-state index < -0.39 is 0 Å². The van der Waals surface area contributed by atoms with Crippen LogP contribution in [0, 0.1) is 0 Å². The molecular weight excluding hydrogens is 372 g/mol. The standard InChI is InChI=1S/C15H21BrN8/c1-23-8-10(6-20-23)11-7-21-24-14(17)12(16)13(22-15(11)24)9-4-18-2-3-19-5-9/h7-9,18-20H,2-6,17H2,1H3. The normalized spacial score (nSPS) is 19.8. The lowest BCUT2D eigenvalue weighted by Crippen LogP contribution is -2.24. The lowest BCUT2D eigenvalue weighted by Gasteiger charge is -2.17. The smallest absolute Gasteiger partial charge is 0.165 e. The number of hydrogen-bond acceptors (Lipinski definition) is 7. The highest BCUT2D eigenvalue weighted by Gasteiger charge is 2.24. The molecule has 0 aliphatic carbocycles. The predicted octanol–water partition coefficient (Wildman–Crippen LogP) is 0.141. The number of halogens is 1. The molecule has 2 aliphatic rings. The summed E-state index contributed by atoms with van der Waals surface area (Å²) in [5.74, 6) is 0.848. The molecule has 4 rings (SSSR count). The van der Waals surface area contributed by atoms with Gasteiger partial charge in [-0.1, -0.05) is 0 Å². The van der Waals surface area contributed by atoms with Crippen molar-refractivity contribution in [1.29, 1.82) is 0 Å². The summed E-state index contributed by atoms with van der Waals surface area (Å²) in [4.78, 5) is 4.94. The maximum Gasteiger partial charge on any atom is 0.165 e. The van der Waals surface area contributed by atoms with E-state index in [1.165, 1.54) is 0 Å². The second-order valence-corrected chi connectivity index (χ2v) is 6.99. The van der Waals surface area contributed by atoms with E-state index in [4.69, 9.17) is 10.7 Å². The molecule has 0 atom stereocenters. The third-order valence-electron chi connectivity index (χ3n) is 4.51. The van der Waals surface area contributed by atoms with E-state index in [2.05, 4.69) is 43.3 Å². The van der Waals surface area contributed by atoms with Crippen molar-refractivity contribution in [3.05, 3.63) is 28.1 Å². The van der Waals surface area contributed by atoms with Crippen LogP contribution in [0.25, 0.3) is 11.2 Å². The number of fused-ring (bicyclic) bond motifs is 1. The zero-order valence-corrected chi connectivity index (χ0v) is 15.1. The summed E-state index contributed by atoms with van der Waals surface area (Å²) < 4.78 is 2.54. The Morgan fingerprint density at radius 2 is 2.04 bits per heavy atom. The van der Waals surface area contributed by atoms with Gasteiger partial charge in [0.1, 0.15) is 5.82 Å². The third-order valence-corrected chi connectivity index (χ3v) is 5.32. The topological polar surface area (TPSA) is 95.5 Å². The molecule has 0 radical (unpaired) electrons. The van der Waals surface area contributed by atoms with Gasteiger partial charge in [-0.05, 0) is 21.5 Å². The van der Waals surface area contributed by atoms with Gasteiger partial charge in [0.25, 0.3) is 0 Å². The molecule has 0 saturated carbocycles. The van der Waals surface area contributed by atoms with Crippen LogP contribution < -0.4 is 21.8 Å². The molecule has 0 bridgehead atoms. The molecule has 2 aromatic heterocycles. The van der Waals surface area contributed by atoms with Gasteiger partial charge >= 0.3 is 0 Å². The van der Waals surface area contributed by atoms with Gasteiger partial charge in [-0.25, -0.2) is 10.4 Å². The van der Waals surface area contributed by atoms with Gasteiger partial charge in [0, 0.05) is 57.5 Å². The van der Waals surface area contributed by atoms with Crippen LogP contribution in [0.15, 0.2) is 16.9 Å². The Morgan fingerprint density at radius 3 is 2.71 bits per heavy atom. The van der Waals surface area contributed by atoms with Crippen LogP contribution in [0.5, 0.6) is 0 Å². The Bertz CT molecular complexity index is 790. The van der Waals surface area contributed by atoms with Gasteiger partial charge in [0.2, 0.25) is 0 Å². The molecular formula is C15H21BrN8. The first kappa shape index (κ1) is 15.8. The average molecular weight is 393 g/mol. The highest BCUT2D eigenvalue weighted by Crippen LogP contribution is 2.32. The summed E-state index contributed by atoms with van der Waals surface area (Å²) in [6.45, 7) is 4.45. The quantitative estimate of drug-likeness (QED) is 0.577. The Labute approximate surface area is 148 Å². The van der Waals surface area contributed by atoms with Crippen LogP contribution in [0.2, 0.25) is 0 Å². The van der Waals surface area contributed by atoms with Crippen LogP contribution in [-0.2, 0) is 0 Å². The highest BCUT2D eigenvalue weighted by atomic mass is 79.9. The zero-order chi connectivity index (χ0) is 16.7. The van der Waals surface area contributed by atoms with E-state index >= 15 is 0 Å². The number of rotatable bonds is 2. The molecule has 2 aromatic rings. The maximum absolute atomic E-state index is 6.33. The first-order chi connectivity index (χ1) is 11.6. The highest BCUT2D eigenvalue weighted by molar-refractivity contribution is 9.10. The van der Waals surface area contributed by atoms with Gasteiger partial charge in [0.15, 0.2) is 5.65 Å². The summed E-state index contributed by atoms with van der Waals surface area (Å²) in [7, 11) is 1.98. The summed E-state index contributed by atoms with van der Waals surface area (Å²) in [5, 5.41) is 13.3. The summed E-state index contributed by atoms with van der Waals surface area (Å²) >= 11 is 3.63. The van der Waals surface area contributed by atoms with E-state index in [1.54, 1.807) is 4.52 Å². The van der Waals surface area contributed by atoms with E-state index in [1.807, 2.05) is 18.3 Å². The van der Waals surface area contributed by atoms with Gasteiger partial charge in [-0.3, -0.25) is 0 Å². The van der Waals surface area contributed by atoms with Crippen LogP contribution in [0.4, 0.5) is 5.82 Å². The Hall–Kier alpha value is -1.68. The van der Waals surface area contributed by atoms with Crippen molar-refractivity contribution in [3.63, 3.8) is 0 Å². The van der Waals surface area contributed by atoms with Crippen LogP contribution in [0.3, 0.4) is 0 Å². The van der Waals surface area contributed by atoms with Crippen LogP contribution in [-0.4, -0.2) is 59.4 Å². The lowest BCUT2D eigenvalue weighted by molar-refractivity contribution is 0.374. The molecule has 1 fully saturated rings. The zero-order valence-electron chi connectivity index (χ0n) is 13.5. The van der Waals surface area contributed by atoms with E-state index in [-0.39, 0.29) is 5.92 Å². The number of aromatic nitrogens is 3. The van der Waals surface area contributed by atoms with Crippen molar-refractivity contribution in [2.45, 2.75) is 5.92 Å². The third kappa shape index (κ3) is 2.67. The van der Waals surface area contributed by atoms with Crippen molar-refractivity contribution in [3.8, 4) is 0 Å². The fourth-order valence-electron chi connectivity index (χ4n) is 3.20. The largest absolute Gasteiger partial charge is 0.383 e. The second-order valence-electron chi connectivity index (χ2n) is 6.20. The Balaban J connectivity index is 1.83. The van der Waals surface area contributed by atoms with Gasteiger partial charge in [-0.15, -0.1) is 0 Å². The van der Waals surface area contributed by atoms with Gasteiger partial charge < -0.3 is 21.4 Å². The van der Waals surface area contributed by atoms with Gasteiger partial charge in [0.05, 0.1) is 16.4 Å². The molecule has 0 amide bonds. The summed E-state index contributed by atoms with van der Waals surface area (Å²) in [6.07, 6.45) is 3.90. The average Bonchev–Trinajstić information content (AvgIpc) is 3.08. The fourth-order valence-corrected chi connectivity index (χ4v) is 3.79. The second kappa shape index (κ2) is 6.32. The molecule has 2 aliphatic heterocycles. The van der Waals surface area contributed by atoms with Crippen molar-refractivity contribution >= 4 is 33.0 Å². The van der Waals surface area contributed by atoms with Crippen molar-refractivity contribution in [2.24, 2.45) is 0 Å². The molecule has 8 nitrogen and oxygen atoms in total.